The highest BCUT2D eigenvalue weighted by atomic mass is 16.5. The Morgan fingerprint density at radius 2 is 1.12 bits per heavy atom. The fourth-order valence-corrected chi connectivity index (χ4v) is 2.29. The van der Waals surface area contributed by atoms with Crippen molar-refractivity contribution in [3.63, 3.8) is 0 Å². The van der Waals surface area contributed by atoms with Crippen LogP contribution in [0, 0.1) is 0 Å². The second-order valence-electron chi connectivity index (χ2n) is 5.49. The van der Waals surface area contributed by atoms with Crippen LogP contribution in [0.15, 0.2) is 48.5 Å². The van der Waals surface area contributed by atoms with Crippen molar-refractivity contribution in [3.05, 3.63) is 59.7 Å². The molecule has 0 bridgehead atoms. The molecular formula is C20H22O4. The van der Waals surface area contributed by atoms with E-state index in [0.717, 1.165) is 49.8 Å². The Kier molecular flexibility index (Phi) is 7.54. The number of benzene rings is 2. The molecule has 0 unspecified atom stereocenters. The van der Waals surface area contributed by atoms with E-state index in [9.17, 15) is 9.59 Å². The maximum atomic E-state index is 10.7. The second kappa shape index (κ2) is 10.2. The van der Waals surface area contributed by atoms with E-state index in [-0.39, 0.29) is 0 Å². The number of carbonyl (C=O) groups is 2. The lowest BCUT2D eigenvalue weighted by Gasteiger charge is -2.08. The minimum absolute atomic E-state index is 0.628. The summed E-state index contributed by atoms with van der Waals surface area (Å²) in [5.41, 5.74) is 1.26. The maximum absolute atomic E-state index is 10.7. The van der Waals surface area contributed by atoms with Gasteiger partial charge >= 0.3 is 0 Å². The molecule has 0 saturated heterocycles. The van der Waals surface area contributed by atoms with E-state index in [1.54, 1.807) is 24.3 Å². The molecule has 2 aromatic carbocycles. The van der Waals surface area contributed by atoms with Crippen LogP contribution in [0.1, 0.15) is 46.4 Å². The Morgan fingerprint density at radius 1 is 0.667 bits per heavy atom. The Morgan fingerprint density at radius 3 is 1.54 bits per heavy atom. The fourth-order valence-electron chi connectivity index (χ4n) is 2.29. The summed E-state index contributed by atoms with van der Waals surface area (Å²) in [7, 11) is 0. The van der Waals surface area contributed by atoms with E-state index < -0.39 is 0 Å². The molecule has 0 fully saturated rings. The topological polar surface area (TPSA) is 52.6 Å². The van der Waals surface area contributed by atoms with Crippen LogP contribution in [0.5, 0.6) is 11.5 Å². The number of rotatable bonds is 11. The first-order valence-electron chi connectivity index (χ1n) is 8.18. The Labute approximate surface area is 142 Å². The predicted molar refractivity (Wildman–Crippen MR) is 93.1 cm³/mol. The van der Waals surface area contributed by atoms with Gasteiger partial charge in [-0.05, 0) is 49.9 Å². The lowest BCUT2D eigenvalue weighted by molar-refractivity contribution is 0.111. The monoisotopic (exact) mass is 326 g/mol. The van der Waals surface area contributed by atoms with Gasteiger partial charge in [0, 0.05) is 11.1 Å². The summed E-state index contributed by atoms with van der Waals surface area (Å²) < 4.78 is 11.3. The summed E-state index contributed by atoms with van der Waals surface area (Å²) in [5.74, 6) is 1.47. The maximum Gasteiger partial charge on any atom is 0.150 e. The highest BCUT2D eigenvalue weighted by molar-refractivity contribution is 5.75. The molecule has 4 heteroatoms. The van der Waals surface area contributed by atoms with Crippen molar-refractivity contribution in [3.8, 4) is 11.5 Å². The minimum atomic E-state index is 0.628. The van der Waals surface area contributed by atoms with Crippen molar-refractivity contribution in [2.24, 2.45) is 0 Å². The number of unbranched alkanes of at least 4 members (excludes halogenated alkanes) is 3. The van der Waals surface area contributed by atoms with Gasteiger partial charge in [0.05, 0.1) is 13.2 Å². The van der Waals surface area contributed by atoms with E-state index >= 15 is 0 Å². The molecule has 2 rings (SSSR count). The molecule has 0 N–H and O–H groups in total. The van der Waals surface area contributed by atoms with Crippen LogP contribution >= 0.6 is 0 Å². The molecule has 0 saturated carbocycles. The van der Waals surface area contributed by atoms with Gasteiger partial charge in [0.1, 0.15) is 24.1 Å². The highest BCUT2D eigenvalue weighted by Crippen LogP contribution is 2.14. The van der Waals surface area contributed by atoms with Gasteiger partial charge in [-0.3, -0.25) is 9.59 Å². The van der Waals surface area contributed by atoms with Crippen LogP contribution in [0.4, 0.5) is 0 Å². The average molecular weight is 326 g/mol. The zero-order chi connectivity index (χ0) is 17.0. The Hall–Kier alpha value is -2.62. The van der Waals surface area contributed by atoms with Crippen LogP contribution in [0.3, 0.4) is 0 Å². The third-order valence-corrected chi connectivity index (χ3v) is 3.56. The van der Waals surface area contributed by atoms with E-state index in [4.69, 9.17) is 9.47 Å². The SMILES string of the molecule is O=Cc1cccc(OCCCCCCOc2cccc(C=O)c2)c1. The average Bonchev–Trinajstić information content (AvgIpc) is 2.64. The largest absolute Gasteiger partial charge is 0.494 e. The van der Waals surface area contributed by atoms with Gasteiger partial charge in [-0.1, -0.05) is 24.3 Å². The summed E-state index contributed by atoms with van der Waals surface area (Å²) in [5, 5.41) is 0. The molecular weight excluding hydrogens is 304 g/mol. The molecule has 2 aromatic rings. The first kappa shape index (κ1) is 17.7. The molecule has 0 spiro atoms. The lowest BCUT2D eigenvalue weighted by Crippen LogP contribution is -2.00. The summed E-state index contributed by atoms with van der Waals surface area (Å²) >= 11 is 0. The van der Waals surface area contributed by atoms with Crippen molar-refractivity contribution in [1.82, 2.24) is 0 Å². The third kappa shape index (κ3) is 6.24. The molecule has 0 amide bonds. The summed E-state index contributed by atoms with van der Waals surface area (Å²) in [6, 6.07) is 14.3. The van der Waals surface area contributed by atoms with Crippen molar-refractivity contribution in [1.29, 1.82) is 0 Å². The Bertz CT molecular complexity index is 594. The highest BCUT2D eigenvalue weighted by Gasteiger charge is 1.98. The van der Waals surface area contributed by atoms with E-state index in [0.29, 0.717) is 24.3 Å². The number of ether oxygens (including phenoxy) is 2. The standard InChI is InChI=1S/C20H22O4/c21-15-17-7-5-9-19(13-17)23-11-3-1-2-4-12-24-20-10-6-8-18(14-20)16-22/h5-10,13-16H,1-4,11-12H2. The van der Waals surface area contributed by atoms with Gasteiger partial charge in [-0.15, -0.1) is 0 Å². The predicted octanol–water partition coefficient (Wildman–Crippen LogP) is 4.33. The van der Waals surface area contributed by atoms with Crippen molar-refractivity contribution in [2.75, 3.05) is 13.2 Å². The summed E-state index contributed by atoms with van der Waals surface area (Å²) in [6.07, 6.45) is 5.68. The molecule has 24 heavy (non-hydrogen) atoms. The van der Waals surface area contributed by atoms with Crippen molar-refractivity contribution >= 4 is 12.6 Å². The quantitative estimate of drug-likeness (QED) is 0.455. The molecule has 0 aliphatic rings. The van der Waals surface area contributed by atoms with Crippen LogP contribution in [0.25, 0.3) is 0 Å². The zero-order valence-corrected chi connectivity index (χ0v) is 13.6. The molecule has 0 heterocycles. The normalized spacial score (nSPS) is 10.2. The number of aldehydes is 2. The number of hydrogen-bond donors (Lipinski definition) is 0. The van der Waals surface area contributed by atoms with E-state index in [2.05, 4.69) is 0 Å². The Balaban J connectivity index is 1.53. The van der Waals surface area contributed by atoms with Gasteiger partial charge < -0.3 is 9.47 Å². The molecule has 0 aromatic heterocycles. The van der Waals surface area contributed by atoms with Gasteiger partial charge in [0.25, 0.3) is 0 Å². The molecule has 126 valence electrons. The van der Waals surface area contributed by atoms with Crippen LogP contribution in [-0.2, 0) is 0 Å². The molecule has 0 atom stereocenters. The van der Waals surface area contributed by atoms with Gasteiger partial charge in [-0.25, -0.2) is 0 Å². The van der Waals surface area contributed by atoms with Gasteiger partial charge in [-0.2, -0.15) is 0 Å². The number of carbonyl (C=O) groups excluding carboxylic acids is 2. The number of hydrogen-bond acceptors (Lipinski definition) is 4. The molecule has 0 aliphatic heterocycles. The summed E-state index contributed by atoms with van der Waals surface area (Å²) in [4.78, 5) is 21.4. The van der Waals surface area contributed by atoms with Crippen LogP contribution < -0.4 is 9.47 Å². The summed E-state index contributed by atoms with van der Waals surface area (Å²) in [6.45, 7) is 1.29. The smallest absolute Gasteiger partial charge is 0.150 e. The fraction of sp³-hybridized carbons (Fsp3) is 0.300. The van der Waals surface area contributed by atoms with Crippen LogP contribution in [0.2, 0.25) is 0 Å². The zero-order valence-electron chi connectivity index (χ0n) is 13.6. The third-order valence-electron chi connectivity index (χ3n) is 3.56. The lowest BCUT2D eigenvalue weighted by atomic mass is 10.2. The van der Waals surface area contributed by atoms with E-state index in [1.807, 2.05) is 24.3 Å². The van der Waals surface area contributed by atoms with Gasteiger partial charge in [0.2, 0.25) is 0 Å². The van der Waals surface area contributed by atoms with Crippen molar-refractivity contribution in [2.45, 2.75) is 25.7 Å². The minimum Gasteiger partial charge on any atom is -0.494 e. The molecule has 0 aliphatic carbocycles. The first-order valence-corrected chi connectivity index (χ1v) is 8.18. The van der Waals surface area contributed by atoms with E-state index in [1.165, 1.54) is 0 Å². The van der Waals surface area contributed by atoms with Crippen LogP contribution in [-0.4, -0.2) is 25.8 Å². The first-order chi connectivity index (χ1) is 11.8. The van der Waals surface area contributed by atoms with Gasteiger partial charge in [0.15, 0.2) is 0 Å². The van der Waals surface area contributed by atoms with Crippen molar-refractivity contribution < 1.29 is 19.1 Å². The second-order valence-corrected chi connectivity index (χ2v) is 5.49. The molecule has 0 radical (unpaired) electrons. The molecule has 4 nitrogen and oxygen atoms in total.